The Morgan fingerprint density at radius 2 is 2.19 bits per heavy atom. The van der Waals surface area contributed by atoms with Crippen molar-refractivity contribution in [3.05, 3.63) is 54.1 Å². The van der Waals surface area contributed by atoms with Crippen LogP contribution in [0.4, 0.5) is 4.79 Å². The second-order valence-electron chi connectivity index (χ2n) is 4.40. The maximum Gasteiger partial charge on any atom is 0.407 e. The number of carbonyl (C=O) groups excluding carboxylic acids is 1. The molecule has 0 unspecified atom stereocenters. The molecule has 21 heavy (non-hydrogen) atoms. The molecular weight excluding hydrogens is 266 g/mol. The average molecular weight is 283 g/mol. The minimum atomic E-state index is -0.433. The van der Waals surface area contributed by atoms with Gasteiger partial charge in [0.1, 0.15) is 6.61 Å². The monoisotopic (exact) mass is 283 g/mol. The van der Waals surface area contributed by atoms with Crippen LogP contribution in [0.5, 0.6) is 0 Å². The predicted molar refractivity (Wildman–Crippen MR) is 79.3 cm³/mol. The van der Waals surface area contributed by atoms with Crippen molar-refractivity contribution in [3.63, 3.8) is 0 Å². The van der Waals surface area contributed by atoms with Gasteiger partial charge in [-0.3, -0.25) is 0 Å². The fourth-order valence-corrected chi connectivity index (χ4v) is 1.63. The highest BCUT2D eigenvalue weighted by atomic mass is 16.5. The molecule has 0 fully saturated rings. The van der Waals surface area contributed by atoms with Gasteiger partial charge in [-0.05, 0) is 11.5 Å². The van der Waals surface area contributed by atoms with Gasteiger partial charge in [0.15, 0.2) is 5.82 Å². The maximum absolute atomic E-state index is 11.5. The highest BCUT2D eigenvalue weighted by molar-refractivity contribution is 5.67. The first-order valence-electron chi connectivity index (χ1n) is 6.66. The first-order chi connectivity index (χ1) is 10.3. The molecule has 5 heteroatoms. The molecule has 0 spiro atoms. The van der Waals surface area contributed by atoms with Crippen LogP contribution in [0.3, 0.4) is 0 Å². The van der Waals surface area contributed by atoms with Crippen molar-refractivity contribution < 1.29 is 9.53 Å². The van der Waals surface area contributed by atoms with E-state index in [1.807, 2.05) is 48.1 Å². The Kier molecular flexibility index (Phi) is 5.41. The third kappa shape index (κ3) is 5.03. The van der Waals surface area contributed by atoms with E-state index < -0.39 is 6.09 Å². The molecule has 0 aliphatic heterocycles. The number of aryl methyl sites for hydroxylation is 1. The summed E-state index contributed by atoms with van der Waals surface area (Å²) in [5, 5.41) is 2.66. The standard InChI is InChI=1S/C16H17N3O2/c1-19-12-11-17-15(19)9-5-6-10-18-16(20)21-13-14-7-3-2-4-8-14/h2-4,7-8,11-12H,6,10,13H2,1H3,(H,18,20). The number of ether oxygens (including phenoxy) is 1. The number of nitrogens with one attached hydrogen (secondary N) is 1. The smallest absolute Gasteiger partial charge is 0.407 e. The van der Waals surface area contributed by atoms with Gasteiger partial charge in [-0.15, -0.1) is 0 Å². The summed E-state index contributed by atoms with van der Waals surface area (Å²) < 4.78 is 6.93. The van der Waals surface area contributed by atoms with Gasteiger partial charge in [-0.1, -0.05) is 36.3 Å². The summed E-state index contributed by atoms with van der Waals surface area (Å²) in [6.07, 6.45) is 3.65. The van der Waals surface area contributed by atoms with Crippen LogP contribution in [0, 0.1) is 11.8 Å². The SMILES string of the molecule is Cn1ccnc1C#CCCNC(=O)OCc1ccccc1. The molecule has 0 saturated carbocycles. The lowest BCUT2D eigenvalue weighted by atomic mass is 10.2. The van der Waals surface area contributed by atoms with Gasteiger partial charge in [-0.25, -0.2) is 9.78 Å². The molecule has 0 atom stereocenters. The van der Waals surface area contributed by atoms with E-state index in [1.54, 1.807) is 6.20 Å². The summed E-state index contributed by atoms with van der Waals surface area (Å²) in [4.78, 5) is 15.6. The molecule has 0 aliphatic carbocycles. The topological polar surface area (TPSA) is 56.2 Å². The fraction of sp³-hybridized carbons (Fsp3) is 0.250. The summed E-state index contributed by atoms with van der Waals surface area (Å²) in [5.74, 6) is 6.60. The molecular formula is C16H17N3O2. The van der Waals surface area contributed by atoms with Gasteiger partial charge in [-0.2, -0.15) is 0 Å². The van der Waals surface area contributed by atoms with Crippen LogP contribution >= 0.6 is 0 Å². The van der Waals surface area contributed by atoms with E-state index in [2.05, 4.69) is 22.1 Å². The number of hydrogen-bond donors (Lipinski definition) is 1. The molecule has 2 aromatic rings. The first kappa shape index (κ1) is 14.7. The number of rotatable bonds is 4. The molecule has 0 saturated heterocycles. The molecule has 1 aromatic carbocycles. The second-order valence-corrected chi connectivity index (χ2v) is 4.40. The van der Waals surface area contributed by atoms with Crippen molar-refractivity contribution in [2.75, 3.05) is 6.54 Å². The average Bonchev–Trinajstić information content (AvgIpc) is 2.91. The molecule has 1 amide bonds. The van der Waals surface area contributed by atoms with E-state index in [-0.39, 0.29) is 6.61 Å². The van der Waals surface area contributed by atoms with Crippen LogP contribution in [0.25, 0.3) is 0 Å². The lowest BCUT2D eigenvalue weighted by Crippen LogP contribution is -2.24. The van der Waals surface area contributed by atoms with Crippen LogP contribution in [0.15, 0.2) is 42.7 Å². The van der Waals surface area contributed by atoms with Crippen molar-refractivity contribution in [2.24, 2.45) is 7.05 Å². The summed E-state index contributed by atoms with van der Waals surface area (Å²) in [6, 6.07) is 9.55. The molecule has 5 nitrogen and oxygen atoms in total. The van der Waals surface area contributed by atoms with E-state index in [1.165, 1.54) is 0 Å². The van der Waals surface area contributed by atoms with E-state index in [0.29, 0.717) is 18.8 Å². The number of hydrogen-bond acceptors (Lipinski definition) is 3. The Hall–Kier alpha value is -2.74. The van der Waals surface area contributed by atoms with E-state index >= 15 is 0 Å². The normalized spacial score (nSPS) is 9.57. The van der Waals surface area contributed by atoms with Gasteiger partial charge in [0.2, 0.25) is 0 Å². The molecule has 0 aliphatic rings. The molecule has 1 heterocycles. The summed E-state index contributed by atoms with van der Waals surface area (Å²) in [7, 11) is 1.89. The van der Waals surface area contributed by atoms with E-state index in [4.69, 9.17) is 4.74 Å². The minimum Gasteiger partial charge on any atom is -0.445 e. The number of amides is 1. The first-order valence-corrected chi connectivity index (χ1v) is 6.66. The van der Waals surface area contributed by atoms with Crippen LogP contribution in [-0.2, 0) is 18.4 Å². The lowest BCUT2D eigenvalue weighted by Gasteiger charge is -2.05. The third-order valence-corrected chi connectivity index (χ3v) is 2.75. The summed E-state index contributed by atoms with van der Waals surface area (Å²) >= 11 is 0. The Balaban J connectivity index is 1.64. The molecule has 1 N–H and O–H groups in total. The summed E-state index contributed by atoms with van der Waals surface area (Å²) in [6.45, 7) is 0.719. The fourth-order valence-electron chi connectivity index (χ4n) is 1.63. The number of imidazole rings is 1. The van der Waals surface area contributed by atoms with E-state index in [9.17, 15) is 4.79 Å². The zero-order valence-electron chi connectivity index (χ0n) is 11.9. The zero-order valence-corrected chi connectivity index (χ0v) is 11.9. The number of nitrogens with zero attached hydrogens (tertiary/aromatic N) is 2. The molecule has 1 aromatic heterocycles. The molecule has 108 valence electrons. The zero-order chi connectivity index (χ0) is 14.9. The number of carbonyl (C=O) groups is 1. The second kappa shape index (κ2) is 7.75. The minimum absolute atomic E-state index is 0.269. The highest BCUT2D eigenvalue weighted by Gasteiger charge is 2.00. The van der Waals surface area contributed by atoms with Gasteiger partial charge in [0.05, 0.1) is 0 Å². The highest BCUT2D eigenvalue weighted by Crippen LogP contribution is 2.00. The van der Waals surface area contributed by atoms with Gasteiger partial charge >= 0.3 is 6.09 Å². The van der Waals surface area contributed by atoms with Crippen LogP contribution < -0.4 is 5.32 Å². The predicted octanol–water partition coefficient (Wildman–Crippen LogP) is 2.09. The van der Waals surface area contributed by atoms with Gasteiger partial charge in [0, 0.05) is 32.4 Å². The lowest BCUT2D eigenvalue weighted by molar-refractivity contribution is 0.140. The van der Waals surface area contributed by atoms with Gasteiger partial charge < -0.3 is 14.6 Å². The Morgan fingerprint density at radius 3 is 2.90 bits per heavy atom. The van der Waals surface area contributed by atoms with Crippen molar-refractivity contribution >= 4 is 6.09 Å². The molecule has 0 radical (unpaired) electrons. The number of benzene rings is 1. The number of aromatic nitrogens is 2. The van der Waals surface area contributed by atoms with Crippen LogP contribution in [0.2, 0.25) is 0 Å². The van der Waals surface area contributed by atoms with Crippen molar-refractivity contribution in [2.45, 2.75) is 13.0 Å². The Bertz CT molecular complexity index is 638. The van der Waals surface area contributed by atoms with Crippen molar-refractivity contribution in [1.29, 1.82) is 0 Å². The quantitative estimate of drug-likeness (QED) is 0.690. The van der Waals surface area contributed by atoms with Crippen LogP contribution in [0.1, 0.15) is 17.8 Å². The maximum atomic E-state index is 11.5. The van der Waals surface area contributed by atoms with Crippen molar-refractivity contribution in [3.8, 4) is 11.8 Å². The largest absolute Gasteiger partial charge is 0.445 e. The van der Waals surface area contributed by atoms with Crippen LogP contribution in [-0.4, -0.2) is 22.2 Å². The Labute approximate surface area is 124 Å². The van der Waals surface area contributed by atoms with Crippen molar-refractivity contribution in [1.82, 2.24) is 14.9 Å². The third-order valence-electron chi connectivity index (χ3n) is 2.75. The Morgan fingerprint density at radius 1 is 1.38 bits per heavy atom. The van der Waals surface area contributed by atoms with Gasteiger partial charge in [0.25, 0.3) is 0 Å². The summed E-state index contributed by atoms with van der Waals surface area (Å²) in [5.41, 5.74) is 0.960. The molecule has 0 bridgehead atoms. The number of alkyl carbamates (subject to hydrolysis) is 1. The molecule has 2 rings (SSSR count). The van der Waals surface area contributed by atoms with E-state index in [0.717, 1.165) is 5.56 Å².